The number of nitrogens with zero attached hydrogens (tertiary/aromatic N) is 1. The van der Waals surface area contributed by atoms with Gasteiger partial charge in [-0.25, -0.2) is 17.6 Å². The molecule has 1 aromatic heterocycles. The minimum absolute atomic E-state index is 0.00202. The Balaban J connectivity index is 1.68. The average Bonchev–Trinajstić information content (AvgIpc) is 3.28. The van der Waals surface area contributed by atoms with Crippen molar-refractivity contribution in [2.45, 2.75) is 25.9 Å². The molecule has 0 radical (unpaired) electrons. The predicted octanol–water partition coefficient (Wildman–Crippen LogP) is 2.10. The van der Waals surface area contributed by atoms with Crippen LogP contribution in [-0.4, -0.2) is 49.3 Å². The molecule has 1 aliphatic heterocycles. The zero-order valence-corrected chi connectivity index (χ0v) is 16.1. The largest absolute Gasteiger partial charge is 0.467 e. The average molecular weight is 409 g/mol. The van der Waals surface area contributed by atoms with Gasteiger partial charge in [-0.05, 0) is 43.2 Å². The molecular formula is C19H20FNO6S. The molecule has 3 rings (SSSR count). The van der Waals surface area contributed by atoms with E-state index < -0.39 is 40.2 Å². The van der Waals surface area contributed by atoms with Crippen molar-refractivity contribution in [3.63, 3.8) is 0 Å². The fourth-order valence-electron chi connectivity index (χ4n) is 3.03. The van der Waals surface area contributed by atoms with E-state index in [1.165, 1.54) is 23.3 Å². The Morgan fingerprint density at radius 1 is 1.32 bits per heavy atom. The van der Waals surface area contributed by atoms with Crippen molar-refractivity contribution in [2.24, 2.45) is 0 Å². The van der Waals surface area contributed by atoms with E-state index in [4.69, 9.17) is 9.15 Å². The third-order valence-corrected chi connectivity index (χ3v) is 6.36. The zero-order chi connectivity index (χ0) is 20.3. The van der Waals surface area contributed by atoms with Gasteiger partial charge >= 0.3 is 5.97 Å². The fraction of sp³-hybridized carbons (Fsp3) is 0.368. The molecule has 150 valence electrons. The minimum Gasteiger partial charge on any atom is -0.467 e. The first kappa shape index (κ1) is 20.1. The Kier molecular flexibility index (Phi) is 5.83. The van der Waals surface area contributed by atoms with Crippen LogP contribution in [0.2, 0.25) is 0 Å². The van der Waals surface area contributed by atoms with E-state index >= 15 is 0 Å². The number of esters is 1. The first-order chi connectivity index (χ1) is 13.2. The van der Waals surface area contributed by atoms with Crippen molar-refractivity contribution in [1.82, 2.24) is 4.90 Å². The van der Waals surface area contributed by atoms with Gasteiger partial charge in [0.05, 0.1) is 29.9 Å². The highest BCUT2D eigenvalue weighted by atomic mass is 32.2. The molecule has 9 heteroatoms. The topological polar surface area (TPSA) is 93.9 Å². The molecule has 0 spiro atoms. The molecule has 0 N–H and O–H groups in total. The number of ether oxygens (including phenoxy) is 1. The number of benzene rings is 1. The van der Waals surface area contributed by atoms with Crippen LogP contribution in [0.25, 0.3) is 0 Å². The summed E-state index contributed by atoms with van der Waals surface area (Å²) in [6, 6.07) is 6.72. The van der Waals surface area contributed by atoms with Crippen LogP contribution in [0.1, 0.15) is 28.1 Å². The number of hydrogen-bond acceptors (Lipinski definition) is 6. The molecule has 1 atom stereocenters. The minimum atomic E-state index is -3.21. The monoisotopic (exact) mass is 409 g/mol. The van der Waals surface area contributed by atoms with Gasteiger partial charge in [0.25, 0.3) is 5.91 Å². The van der Waals surface area contributed by atoms with Gasteiger partial charge in [-0.15, -0.1) is 0 Å². The van der Waals surface area contributed by atoms with E-state index in [2.05, 4.69) is 0 Å². The van der Waals surface area contributed by atoms with E-state index in [1.54, 1.807) is 19.1 Å². The number of halogens is 1. The van der Waals surface area contributed by atoms with Gasteiger partial charge in [-0.3, -0.25) is 4.79 Å². The van der Waals surface area contributed by atoms with E-state index in [1.807, 2.05) is 0 Å². The van der Waals surface area contributed by atoms with Crippen LogP contribution >= 0.6 is 0 Å². The summed E-state index contributed by atoms with van der Waals surface area (Å²) in [6.07, 6.45) is 1.77. The number of furan rings is 1. The summed E-state index contributed by atoms with van der Waals surface area (Å²) in [6.45, 7) is 1.06. The molecule has 1 fully saturated rings. The van der Waals surface area contributed by atoms with Gasteiger partial charge in [0.2, 0.25) is 0 Å². The van der Waals surface area contributed by atoms with E-state index in [-0.39, 0.29) is 23.6 Å². The number of carbonyl (C=O) groups is 2. The molecule has 1 amide bonds. The first-order valence-corrected chi connectivity index (χ1v) is 10.5. The molecular weight excluding hydrogens is 389 g/mol. The van der Waals surface area contributed by atoms with E-state index in [0.717, 1.165) is 6.07 Å². The van der Waals surface area contributed by atoms with Gasteiger partial charge in [0.1, 0.15) is 11.6 Å². The Bertz CT molecular complexity index is 970. The maximum atomic E-state index is 13.6. The molecule has 1 saturated heterocycles. The van der Waals surface area contributed by atoms with Crippen LogP contribution in [0.3, 0.4) is 0 Å². The Labute approximate surface area is 162 Å². The van der Waals surface area contributed by atoms with Gasteiger partial charge < -0.3 is 14.1 Å². The van der Waals surface area contributed by atoms with Gasteiger partial charge in [-0.2, -0.15) is 0 Å². The van der Waals surface area contributed by atoms with Crippen molar-refractivity contribution in [1.29, 1.82) is 0 Å². The number of aryl methyl sites for hydroxylation is 1. The van der Waals surface area contributed by atoms with Crippen molar-refractivity contribution in [2.75, 3.05) is 18.1 Å². The predicted molar refractivity (Wildman–Crippen MR) is 97.7 cm³/mol. The molecule has 1 aromatic carbocycles. The van der Waals surface area contributed by atoms with Crippen molar-refractivity contribution in [3.05, 3.63) is 59.3 Å². The molecule has 2 aromatic rings. The number of rotatable bonds is 6. The Hall–Kier alpha value is -2.68. The molecule has 0 unspecified atom stereocenters. The van der Waals surface area contributed by atoms with E-state index in [0.29, 0.717) is 17.7 Å². The van der Waals surface area contributed by atoms with Crippen LogP contribution < -0.4 is 0 Å². The first-order valence-electron chi connectivity index (χ1n) is 8.71. The Morgan fingerprint density at radius 3 is 2.71 bits per heavy atom. The summed E-state index contributed by atoms with van der Waals surface area (Å²) in [5, 5.41) is 0. The number of hydrogen-bond donors (Lipinski definition) is 0. The quantitative estimate of drug-likeness (QED) is 0.679. The summed E-state index contributed by atoms with van der Waals surface area (Å²) in [5.41, 5.74) is 0.386. The molecule has 7 nitrogen and oxygen atoms in total. The summed E-state index contributed by atoms with van der Waals surface area (Å²) in [4.78, 5) is 26.1. The summed E-state index contributed by atoms with van der Waals surface area (Å²) >= 11 is 0. The summed E-state index contributed by atoms with van der Waals surface area (Å²) < 4.78 is 47.5. The van der Waals surface area contributed by atoms with Gasteiger partial charge in [0, 0.05) is 6.04 Å². The van der Waals surface area contributed by atoms with Crippen LogP contribution in [0, 0.1) is 12.7 Å². The number of sulfone groups is 1. The highest BCUT2D eigenvalue weighted by Gasteiger charge is 2.35. The van der Waals surface area contributed by atoms with Crippen LogP contribution in [-0.2, 0) is 25.9 Å². The Morgan fingerprint density at radius 2 is 2.11 bits per heavy atom. The summed E-state index contributed by atoms with van der Waals surface area (Å²) in [7, 11) is -3.21. The van der Waals surface area contributed by atoms with Crippen molar-refractivity contribution in [3.8, 4) is 0 Å². The van der Waals surface area contributed by atoms with Gasteiger partial charge in [0.15, 0.2) is 16.4 Å². The maximum absolute atomic E-state index is 13.6. The lowest BCUT2D eigenvalue weighted by Gasteiger charge is -2.27. The smallest absolute Gasteiger partial charge is 0.338 e. The van der Waals surface area contributed by atoms with E-state index in [9.17, 15) is 22.4 Å². The van der Waals surface area contributed by atoms with Crippen molar-refractivity contribution >= 4 is 21.7 Å². The standard InChI is InChI=1S/C19H20FNO6S/c1-13-4-5-14(9-17(13)20)19(23)27-11-18(22)21(10-16-3-2-7-26-16)15-6-8-28(24,25)12-15/h2-5,7,9,15H,6,8,10-12H2,1H3/t15-/m0/s1. The molecule has 2 heterocycles. The third kappa shape index (κ3) is 4.78. The highest BCUT2D eigenvalue weighted by Crippen LogP contribution is 2.21. The highest BCUT2D eigenvalue weighted by molar-refractivity contribution is 7.91. The zero-order valence-electron chi connectivity index (χ0n) is 15.3. The lowest BCUT2D eigenvalue weighted by Crippen LogP contribution is -2.42. The fourth-order valence-corrected chi connectivity index (χ4v) is 4.76. The van der Waals surface area contributed by atoms with Crippen LogP contribution in [0.4, 0.5) is 4.39 Å². The number of amides is 1. The second kappa shape index (κ2) is 8.14. The molecule has 28 heavy (non-hydrogen) atoms. The number of carbonyl (C=O) groups excluding carboxylic acids is 2. The SMILES string of the molecule is Cc1ccc(C(=O)OCC(=O)N(Cc2ccco2)[C@H]2CCS(=O)(=O)C2)cc1F. The molecule has 0 saturated carbocycles. The van der Waals surface area contributed by atoms with Crippen LogP contribution in [0.5, 0.6) is 0 Å². The molecule has 0 bridgehead atoms. The molecule has 0 aliphatic carbocycles. The lowest BCUT2D eigenvalue weighted by atomic mass is 10.1. The summed E-state index contributed by atoms with van der Waals surface area (Å²) in [5.74, 6) is -1.57. The second-order valence-corrected chi connectivity index (χ2v) is 8.93. The van der Waals surface area contributed by atoms with Gasteiger partial charge in [-0.1, -0.05) is 6.07 Å². The molecule has 1 aliphatic rings. The van der Waals surface area contributed by atoms with Crippen molar-refractivity contribution < 1.29 is 31.6 Å². The van der Waals surface area contributed by atoms with Crippen LogP contribution in [0.15, 0.2) is 41.0 Å². The second-order valence-electron chi connectivity index (χ2n) is 6.70. The normalized spacial score (nSPS) is 18.0. The lowest BCUT2D eigenvalue weighted by molar-refractivity contribution is -0.137. The third-order valence-electron chi connectivity index (χ3n) is 4.61. The maximum Gasteiger partial charge on any atom is 0.338 e.